The van der Waals surface area contributed by atoms with Crippen molar-refractivity contribution in [3.05, 3.63) is 0 Å². The topological polar surface area (TPSA) is 409 Å². The van der Waals surface area contributed by atoms with Crippen molar-refractivity contribution in [3.63, 3.8) is 0 Å². The van der Waals surface area contributed by atoms with Gasteiger partial charge in [0.2, 0.25) is 0 Å². The van der Waals surface area contributed by atoms with Gasteiger partial charge in [-0.1, -0.05) is 0 Å². The van der Waals surface area contributed by atoms with Gasteiger partial charge in [-0.05, 0) is 96.9 Å². The van der Waals surface area contributed by atoms with E-state index in [2.05, 4.69) is 0 Å². The first-order chi connectivity index (χ1) is 30.9. The molecule has 0 aliphatic carbocycles. The van der Waals surface area contributed by atoms with Gasteiger partial charge in [-0.2, -0.15) is 0 Å². The molecular formula is C42H101O24P. The predicted octanol–water partition coefficient (Wildman–Crippen LogP) is -2.46. The van der Waals surface area contributed by atoms with Crippen LogP contribution in [0.15, 0.2) is 0 Å². The van der Waals surface area contributed by atoms with E-state index in [-0.39, 0.29) is 89.0 Å². The summed E-state index contributed by atoms with van der Waals surface area (Å²) in [5.74, 6) is 0. The third kappa shape index (κ3) is 112. The Morgan fingerprint density at radius 1 is 0.239 bits per heavy atom. The predicted molar refractivity (Wildman–Crippen MR) is 253 cm³/mol. The number of rotatable bonds is 28. The molecule has 25 heteroatoms. The van der Waals surface area contributed by atoms with Crippen molar-refractivity contribution < 1.29 is 119 Å². The first-order valence-electron chi connectivity index (χ1n) is 22.1. The monoisotopic (exact) mass is 1020 g/mol. The zero-order valence-electron chi connectivity index (χ0n) is 42.9. The summed E-state index contributed by atoms with van der Waals surface area (Å²) >= 11 is 0. The summed E-state index contributed by atoms with van der Waals surface area (Å²) in [7, 11) is -2.62. The van der Waals surface area contributed by atoms with Gasteiger partial charge in [0.05, 0.1) is 178 Å². The first kappa shape index (κ1) is 83.3. The van der Waals surface area contributed by atoms with Crippen molar-refractivity contribution in [3.8, 4) is 0 Å². The average molecular weight is 1020 g/mol. The van der Waals surface area contributed by atoms with Crippen molar-refractivity contribution in [1.82, 2.24) is 0 Å². The van der Waals surface area contributed by atoms with Gasteiger partial charge >= 0.3 is 8.60 Å². The maximum absolute atomic E-state index is 8.69. The summed E-state index contributed by atoms with van der Waals surface area (Å²) in [5, 5.41) is 120. The van der Waals surface area contributed by atoms with Gasteiger partial charge in [-0.3, -0.25) is 0 Å². The van der Waals surface area contributed by atoms with E-state index < -0.39 is 51.3 Å². The molecule has 14 unspecified atom stereocenters. The molecule has 67 heavy (non-hydrogen) atoms. The number of aliphatic hydroxyl groups excluding tert-OH is 14. The van der Waals surface area contributed by atoms with Gasteiger partial charge < -0.3 is 119 Å². The van der Waals surface area contributed by atoms with Gasteiger partial charge in [0.15, 0.2) is 0 Å². The molecule has 0 fully saturated rings. The Bertz CT molecular complexity index is 672. The zero-order valence-corrected chi connectivity index (χ0v) is 43.8. The van der Waals surface area contributed by atoms with Crippen LogP contribution in [0, 0.1) is 0 Å². The average Bonchev–Trinajstić information content (AvgIpc) is 3.26. The fourth-order valence-corrected chi connectivity index (χ4v) is 2.49. The van der Waals surface area contributed by atoms with Crippen LogP contribution in [0.1, 0.15) is 96.9 Å². The van der Waals surface area contributed by atoms with Crippen LogP contribution in [0.3, 0.4) is 0 Å². The Morgan fingerprint density at radius 2 is 0.313 bits per heavy atom. The van der Waals surface area contributed by atoms with Crippen LogP contribution in [0.5, 0.6) is 0 Å². The summed E-state index contributed by atoms with van der Waals surface area (Å²) in [5.41, 5.74) is 0. The van der Waals surface area contributed by atoms with Crippen molar-refractivity contribution in [2.24, 2.45) is 0 Å². The lowest BCUT2D eigenvalue weighted by Crippen LogP contribution is -2.19. The van der Waals surface area contributed by atoms with E-state index in [4.69, 9.17) is 119 Å². The van der Waals surface area contributed by atoms with Gasteiger partial charge in [0, 0.05) is 0 Å². The highest BCUT2D eigenvalue weighted by atomic mass is 31.2. The Hall–Kier alpha value is -0.530. The van der Waals surface area contributed by atoms with Crippen LogP contribution < -0.4 is 0 Å². The molecule has 0 amide bonds. The van der Waals surface area contributed by atoms with Crippen LogP contribution >= 0.6 is 8.60 Å². The van der Waals surface area contributed by atoms with E-state index in [0.717, 1.165) is 0 Å². The second-order valence-electron chi connectivity index (χ2n) is 15.5. The van der Waals surface area contributed by atoms with Crippen molar-refractivity contribution in [2.45, 2.75) is 182 Å². The standard InChI is InChI=1S/7C6H14O3.H3O3P/c7*1-5(8)4-9-6(2)3-7;1-4(2)3/h7*5-8H,3-4H2,1-2H3;1-3H. The van der Waals surface area contributed by atoms with Crippen molar-refractivity contribution in [2.75, 3.05) is 92.5 Å². The summed E-state index contributed by atoms with van der Waals surface area (Å²) in [6.07, 6.45) is -4.29. The minimum atomic E-state index is -2.62. The van der Waals surface area contributed by atoms with E-state index in [1.807, 2.05) is 0 Å². The Morgan fingerprint density at radius 3 is 0.358 bits per heavy atom. The van der Waals surface area contributed by atoms with E-state index >= 15 is 0 Å². The highest BCUT2D eigenvalue weighted by Crippen LogP contribution is 2.11. The van der Waals surface area contributed by atoms with Crippen LogP contribution in [0.25, 0.3) is 0 Å². The van der Waals surface area contributed by atoms with Crippen molar-refractivity contribution >= 4 is 8.60 Å². The normalized spacial score (nSPS) is 16.8. The van der Waals surface area contributed by atoms with Crippen molar-refractivity contribution in [1.29, 1.82) is 0 Å². The Kier molecular flexibility index (Phi) is 79.0. The molecule has 17 N–H and O–H groups in total. The van der Waals surface area contributed by atoms with E-state index in [1.165, 1.54) is 0 Å². The molecule has 0 rings (SSSR count). The molecule has 0 aromatic heterocycles. The van der Waals surface area contributed by atoms with Gasteiger partial charge in [0.25, 0.3) is 0 Å². The lowest BCUT2D eigenvalue weighted by atomic mass is 10.4. The summed E-state index contributed by atoms with van der Waals surface area (Å²) in [4.78, 5) is 21.7. The molecule has 24 nitrogen and oxygen atoms in total. The van der Waals surface area contributed by atoms with Gasteiger partial charge in [-0.15, -0.1) is 0 Å². The second kappa shape index (κ2) is 63.5. The van der Waals surface area contributed by atoms with Crippen LogP contribution in [-0.2, 0) is 33.2 Å². The van der Waals surface area contributed by atoms with Crippen LogP contribution in [0.2, 0.25) is 0 Å². The number of hydrogen-bond donors (Lipinski definition) is 17. The second-order valence-corrected chi connectivity index (χ2v) is 16.0. The first-order valence-corrected chi connectivity index (χ1v) is 23.3. The molecule has 0 aliphatic heterocycles. The molecule has 418 valence electrons. The summed E-state index contributed by atoms with van der Waals surface area (Å²) in [6.45, 7) is 25.9. The van der Waals surface area contributed by atoms with E-state index in [1.54, 1.807) is 96.9 Å². The number of ether oxygens (including phenoxy) is 7. The molecule has 0 radical (unpaired) electrons. The zero-order chi connectivity index (χ0) is 54.5. The quantitative estimate of drug-likeness (QED) is 0.0362. The highest BCUT2D eigenvalue weighted by molar-refractivity contribution is 7.38. The molecule has 0 aromatic rings. The maximum Gasteiger partial charge on any atom is 0.324 e. The molecule has 0 spiro atoms. The SMILES string of the molecule is CC(O)COC(C)CO.CC(O)COC(C)CO.CC(O)COC(C)CO.CC(O)COC(C)CO.CC(O)COC(C)CO.CC(O)COC(C)CO.CC(O)COC(C)CO.OP(O)O. The Balaban J connectivity index is -0.0000000996. The lowest BCUT2D eigenvalue weighted by Gasteiger charge is -2.10. The third-order valence-electron chi connectivity index (χ3n) is 6.15. The van der Waals surface area contributed by atoms with Gasteiger partial charge in [-0.25, -0.2) is 0 Å². The minimum absolute atomic E-state index is 0.00667. The highest BCUT2D eigenvalue weighted by Gasteiger charge is 2.05. The molecule has 0 saturated heterocycles. The third-order valence-corrected chi connectivity index (χ3v) is 6.15. The maximum atomic E-state index is 8.69. The van der Waals surface area contributed by atoms with E-state index in [0.29, 0.717) is 46.2 Å². The molecule has 0 saturated carbocycles. The van der Waals surface area contributed by atoms with Crippen LogP contribution in [0.4, 0.5) is 0 Å². The minimum Gasteiger partial charge on any atom is -0.394 e. The Labute approximate surface area is 402 Å². The summed E-state index contributed by atoms with van der Waals surface area (Å²) < 4.78 is 34.7. The number of hydrogen-bond acceptors (Lipinski definition) is 24. The molecule has 0 aromatic carbocycles. The molecule has 0 bridgehead atoms. The lowest BCUT2D eigenvalue weighted by molar-refractivity contribution is -0.0177. The molecule has 0 heterocycles. The fourth-order valence-electron chi connectivity index (χ4n) is 2.49. The smallest absolute Gasteiger partial charge is 0.324 e. The fraction of sp³-hybridized carbons (Fsp3) is 1.00. The number of aliphatic hydroxyl groups is 14. The molecule has 14 atom stereocenters. The van der Waals surface area contributed by atoms with Gasteiger partial charge in [0.1, 0.15) is 0 Å². The molecular weight excluding hydrogens is 919 g/mol. The van der Waals surface area contributed by atoms with Crippen LogP contribution in [-0.4, -0.2) is 264 Å². The summed E-state index contributed by atoms with van der Waals surface area (Å²) in [6, 6.07) is 0. The van der Waals surface area contributed by atoms with E-state index in [9.17, 15) is 0 Å². The molecule has 0 aliphatic rings. The largest absolute Gasteiger partial charge is 0.394 e.